The number of fused-ring (bicyclic) bond motifs is 1. The van der Waals surface area contributed by atoms with E-state index in [0.29, 0.717) is 23.0 Å². The van der Waals surface area contributed by atoms with Gasteiger partial charge in [-0.05, 0) is 23.9 Å². The third kappa shape index (κ3) is 3.25. The molecule has 1 aromatic carbocycles. The lowest BCUT2D eigenvalue weighted by Crippen LogP contribution is -2.29. The van der Waals surface area contributed by atoms with Crippen LogP contribution in [0.25, 0.3) is 10.8 Å². The highest BCUT2D eigenvalue weighted by Gasteiger charge is 2.18. The highest BCUT2D eigenvalue weighted by molar-refractivity contribution is 5.94. The number of carboxylic acid groups (broad SMARTS) is 1. The van der Waals surface area contributed by atoms with Gasteiger partial charge in [0.25, 0.3) is 5.69 Å². The number of aromatic nitrogens is 1. The SMILES string of the molecule is CCCC(Nc1nccc2cc([N+](=O)[O-])ccc12)C(=O)O. The fraction of sp³-hybridized carbons (Fsp3) is 0.286. The molecule has 0 fully saturated rings. The van der Waals surface area contributed by atoms with Gasteiger partial charge in [0.05, 0.1) is 4.92 Å². The lowest BCUT2D eigenvalue weighted by atomic mass is 10.1. The second-order valence-corrected chi connectivity index (χ2v) is 4.65. The normalized spacial score (nSPS) is 12.0. The Bertz CT molecular complexity index is 687. The zero-order valence-corrected chi connectivity index (χ0v) is 11.4. The Labute approximate surface area is 120 Å². The number of nitrogens with one attached hydrogen (secondary N) is 1. The zero-order valence-electron chi connectivity index (χ0n) is 11.4. The van der Waals surface area contributed by atoms with Gasteiger partial charge in [-0.3, -0.25) is 10.1 Å². The fourth-order valence-corrected chi connectivity index (χ4v) is 2.10. The van der Waals surface area contributed by atoms with Crippen LogP contribution in [0.15, 0.2) is 30.5 Å². The summed E-state index contributed by atoms with van der Waals surface area (Å²) in [6, 6.07) is 5.32. The fourth-order valence-electron chi connectivity index (χ4n) is 2.10. The first kappa shape index (κ1) is 14.7. The van der Waals surface area contributed by atoms with Gasteiger partial charge in [-0.1, -0.05) is 13.3 Å². The van der Waals surface area contributed by atoms with Gasteiger partial charge in [0, 0.05) is 23.7 Å². The molecule has 2 rings (SSSR count). The first-order chi connectivity index (χ1) is 10.0. The molecule has 7 heteroatoms. The van der Waals surface area contributed by atoms with Crippen LogP contribution in [0, 0.1) is 10.1 Å². The number of carboxylic acids is 1. The minimum absolute atomic E-state index is 0.0111. The van der Waals surface area contributed by atoms with Gasteiger partial charge in [0.2, 0.25) is 0 Å². The second kappa shape index (κ2) is 6.17. The number of pyridine rings is 1. The second-order valence-electron chi connectivity index (χ2n) is 4.65. The van der Waals surface area contributed by atoms with Crippen LogP contribution in [0.1, 0.15) is 19.8 Å². The summed E-state index contributed by atoms with van der Waals surface area (Å²) in [6.45, 7) is 1.90. The van der Waals surface area contributed by atoms with E-state index in [1.807, 2.05) is 6.92 Å². The number of rotatable bonds is 6. The van der Waals surface area contributed by atoms with E-state index in [1.54, 1.807) is 12.1 Å². The molecule has 0 radical (unpaired) electrons. The van der Waals surface area contributed by atoms with E-state index in [9.17, 15) is 20.0 Å². The maximum Gasteiger partial charge on any atom is 0.326 e. The third-order valence-electron chi connectivity index (χ3n) is 3.15. The monoisotopic (exact) mass is 289 g/mol. The molecule has 1 atom stereocenters. The Kier molecular flexibility index (Phi) is 4.32. The molecule has 2 aromatic rings. The van der Waals surface area contributed by atoms with Crippen LogP contribution in [0.4, 0.5) is 11.5 Å². The summed E-state index contributed by atoms with van der Waals surface area (Å²) in [7, 11) is 0. The van der Waals surface area contributed by atoms with E-state index < -0.39 is 16.9 Å². The summed E-state index contributed by atoms with van der Waals surface area (Å²) in [5.41, 5.74) is -0.0111. The van der Waals surface area contributed by atoms with Crippen molar-refractivity contribution < 1.29 is 14.8 Å². The van der Waals surface area contributed by atoms with E-state index in [1.165, 1.54) is 18.3 Å². The average molecular weight is 289 g/mol. The molecule has 21 heavy (non-hydrogen) atoms. The number of aliphatic carboxylic acids is 1. The summed E-state index contributed by atoms with van der Waals surface area (Å²) < 4.78 is 0. The summed E-state index contributed by atoms with van der Waals surface area (Å²) in [5.74, 6) is -0.527. The van der Waals surface area contributed by atoms with E-state index in [4.69, 9.17) is 0 Å². The van der Waals surface area contributed by atoms with Crippen molar-refractivity contribution in [1.82, 2.24) is 4.98 Å². The molecule has 7 nitrogen and oxygen atoms in total. The standard InChI is InChI=1S/C14H15N3O4/c1-2-3-12(14(18)19)16-13-11-5-4-10(17(20)21)8-9(11)6-7-15-13/h4-8,12H,2-3H2,1H3,(H,15,16)(H,18,19). The van der Waals surface area contributed by atoms with Crippen LogP contribution < -0.4 is 5.32 Å². The number of hydrogen-bond donors (Lipinski definition) is 2. The molecule has 0 aliphatic rings. The number of nitro benzene ring substituents is 1. The predicted molar refractivity (Wildman–Crippen MR) is 78.4 cm³/mol. The molecular weight excluding hydrogens is 274 g/mol. The van der Waals surface area contributed by atoms with E-state index in [2.05, 4.69) is 10.3 Å². The lowest BCUT2D eigenvalue weighted by molar-refractivity contribution is -0.384. The molecule has 1 heterocycles. The molecule has 0 spiro atoms. The van der Waals surface area contributed by atoms with Crippen LogP contribution in [0.2, 0.25) is 0 Å². The van der Waals surface area contributed by atoms with E-state index in [0.717, 1.165) is 6.42 Å². The van der Waals surface area contributed by atoms with Crippen molar-refractivity contribution in [2.45, 2.75) is 25.8 Å². The van der Waals surface area contributed by atoms with Crippen LogP contribution in [0.3, 0.4) is 0 Å². The predicted octanol–water partition coefficient (Wildman–Crippen LogP) is 2.81. The lowest BCUT2D eigenvalue weighted by Gasteiger charge is -2.15. The van der Waals surface area contributed by atoms with E-state index in [-0.39, 0.29) is 5.69 Å². The molecule has 0 aliphatic heterocycles. The van der Waals surface area contributed by atoms with Gasteiger partial charge in [0.15, 0.2) is 0 Å². The van der Waals surface area contributed by atoms with E-state index >= 15 is 0 Å². The molecule has 0 aliphatic carbocycles. The first-order valence-corrected chi connectivity index (χ1v) is 6.55. The highest BCUT2D eigenvalue weighted by atomic mass is 16.6. The molecule has 1 aromatic heterocycles. The Morgan fingerprint density at radius 1 is 1.48 bits per heavy atom. The Hall–Kier alpha value is -2.70. The molecule has 0 amide bonds. The van der Waals surface area contributed by atoms with Gasteiger partial charge >= 0.3 is 5.97 Å². The number of nitrogens with zero attached hydrogens (tertiary/aromatic N) is 2. The Balaban J connectivity index is 2.40. The number of carbonyl (C=O) groups is 1. The molecular formula is C14H15N3O4. The van der Waals surface area contributed by atoms with Crippen molar-refractivity contribution >= 4 is 28.2 Å². The van der Waals surface area contributed by atoms with Gasteiger partial charge in [0.1, 0.15) is 11.9 Å². The topological polar surface area (TPSA) is 105 Å². The third-order valence-corrected chi connectivity index (χ3v) is 3.15. The maximum atomic E-state index is 11.2. The highest BCUT2D eigenvalue weighted by Crippen LogP contribution is 2.26. The van der Waals surface area contributed by atoms with Crippen molar-refractivity contribution in [2.75, 3.05) is 5.32 Å². The smallest absolute Gasteiger partial charge is 0.326 e. The largest absolute Gasteiger partial charge is 0.480 e. The van der Waals surface area contributed by atoms with Gasteiger partial charge < -0.3 is 10.4 Å². The van der Waals surface area contributed by atoms with Gasteiger partial charge in [-0.15, -0.1) is 0 Å². The minimum atomic E-state index is -0.947. The molecule has 0 saturated carbocycles. The molecule has 1 unspecified atom stereocenters. The molecule has 110 valence electrons. The van der Waals surface area contributed by atoms with Crippen molar-refractivity contribution in [2.24, 2.45) is 0 Å². The van der Waals surface area contributed by atoms with Crippen LogP contribution in [-0.2, 0) is 4.79 Å². The molecule has 0 saturated heterocycles. The van der Waals surface area contributed by atoms with Crippen molar-refractivity contribution in [3.63, 3.8) is 0 Å². The summed E-state index contributed by atoms with van der Waals surface area (Å²) in [4.78, 5) is 25.6. The van der Waals surface area contributed by atoms with Crippen LogP contribution in [0.5, 0.6) is 0 Å². The van der Waals surface area contributed by atoms with Gasteiger partial charge in [-0.25, -0.2) is 9.78 Å². The minimum Gasteiger partial charge on any atom is -0.480 e. The number of non-ortho nitro benzene ring substituents is 1. The van der Waals surface area contributed by atoms with Crippen molar-refractivity contribution in [3.05, 3.63) is 40.6 Å². The summed E-state index contributed by atoms with van der Waals surface area (Å²) in [5, 5.41) is 24.1. The first-order valence-electron chi connectivity index (χ1n) is 6.55. The van der Waals surface area contributed by atoms with Crippen LogP contribution in [-0.4, -0.2) is 27.0 Å². The molecule has 2 N–H and O–H groups in total. The Morgan fingerprint density at radius 3 is 2.86 bits per heavy atom. The quantitative estimate of drug-likeness (QED) is 0.625. The summed E-state index contributed by atoms with van der Waals surface area (Å²) >= 11 is 0. The molecule has 0 bridgehead atoms. The van der Waals surface area contributed by atoms with Gasteiger partial charge in [-0.2, -0.15) is 0 Å². The number of nitro groups is 1. The Morgan fingerprint density at radius 2 is 2.24 bits per heavy atom. The number of anilines is 1. The summed E-state index contributed by atoms with van der Waals surface area (Å²) in [6.07, 6.45) is 2.69. The zero-order chi connectivity index (χ0) is 15.4. The average Bonchev–Trinajstić information content (AvgIpc) is 2.46. The number of benzene rings is 1. The van der Waals surface area contributed by atoms with Crippen LogP contribution >= 0.6 is 0 Å². The number of hydrogen-bond acceptors (Lipinski definition) is 5. The van der Waals surface area contributed by atoms with Crippen molar-refractivity contribution in [3.8, 4) is 0 Å². The maximum absolute atomic E-state index is 11.2. The van der Waals surface area contributed by atoms with Crippen molar-refractivity contribution in [1.29, 1.82) is 0 Å².